The molecule has 0 unspecified atom stereocenters. The van der Waals surface area contributed by atoms with Gasteiger partial charge in [0.05, 0.1) is 6.61 Å². The molecule has 1 aromatic heterocycles. The number of carbonyl (C=O) groups is 3. The van der Waals surface area contributed by atoms with Crippen LogP contribution in [-0.2, 0) is 4.74 Å². The third-order valence-electron chi connectivity index (χ3n) is 4.40. The summed E-state index contributed by atoms with van der Waals surface area (Å²) >= 11 is 0. The number of hydrogen-bond acceptors (Lipinski definition) is 6. The molecule has 0 bridgehead atoms. The van der Waals surface area contributed by atoms with Crippen LogP contribution in [0.25, 0.3) is 0 Å². The first kappa shape index (κ1) is 21.6. The van der Waals surface area contributed by atoms with Gasteiger partial charge in [-0.05, 0) is 46.1 Å². The van der Waals surface area contributed by atoms with E-state index in [9.17, 15) is 14.4 Å². The highest BCUT2D eigenvalue weighted by Crippen LogP contribution is 2.10. The second-order valence-electron chi connectivity index (χ2n) is 6.82. The molecule has 2 rings (SSSR count). The summed E-state index contributed by atoms with van der Waals surface area (Å²) in [5, 5.41) is 2.85. The molecule has 1 saturated heterocycles. The number of hydrogen-bond donors (Lipinski definition) is 1. The zero-order valence-electron chi connectivity index (χ0n) is 16.8. The van der Waals surface area contributed by atoms with E-state index >= 15 is 0 Å². The minimum Gasteiger partial charge on any atom is -0.450 e. The molecule has 1 aliphatic heterocycles. The number of nitrogens with one attached hydrogen (secondary N) is 1. The maximum absolute atomic E-state index is 12.7. The fraction of sp³-hybridized carbons (Fsp3) is 0.579. The average molecular weight is 391 g/mol. The fourth-order valence-electron chi connectivity index (χ4n) is 2.86. The van der Waals surface area contributed by atoms with Crippen molar-refractivity contribution in [3.63, 3.8) is 0 Å². The van der Waals surface area contributed by atoms with Crippen LogP contribution in [0.2, 0.25) is 0 Å². The maximum Gasteiger partial charge on any atom is 0.409 e. The molecule has 1 fully saturated rings. The normalized spacial score (nSPS) is 14.1. The SMILES string of the molecule is CCOC(=O)N1CCN(C(=O)c2cc(C(=O)NCCCN(C)C)ccn2)CC1. The first-order valence-corrected chi connectivity index (χ1v) is 9.52. The second-order valence-corrected chi connectivity index (χ2v) is 6.82. The van der Waals surface area contributed by atoms with Gasteiger partial charge in [0.15, 0.2) is 0 Å². The highest BCUT2D eigenvalue weighted by atomic mass is 16.6. The lowest BCUT2D eigenvalue weighted by Crippen LogP contribution is -2.50. The molecule has 9 heteroatoms. The summed E-state index contributed by atoms with van der Waals surface area (Å²) in [5.41, 5.74) is 0.638. The van der Waals surface area contributed by atoms with Crippen molar-refractivity contribution < 1.29 is 19.1 Å². The first-order valence-electron chi connectivity index (χ1n) is 9.52. The van der Waals surface area contributed by atoms with Crippen molar-refractivity contribution >= 4 is 17.9 Å². The van der Waals surface area contributed by atoms with Crippen LogP contribution in [0.3, 0.4) is 0 Å². The topological polar surface area (TPSA) is 95.1 Å². The Morgan fingerprint density at radius 3 is 2.50 bits per heavy atom. The summed E-state index contributed by atoms with van der Waals surface area (Å²) < 4.78 is 4.98. The Hall–Kier alpha value is -2.68. The van der Waals surface area contributed by atoms with Crippen LogP contribution in [0, 0.1) is 0 Å². The lowest BCUT2D eigenvalue weighted by molar-refractivity contribution is 0.0566. The van der Waals surface area contributed by atoms with Crippen molar-refractivity contribution in [2.45, 2.75) is 13.3 Å². The van der Waals surface area contributed by atoms with E-state index in [0.29, 0.717) is 44.9 Å². The van der Waals surface area contributed by atoms with Crippen LogP contribution in [0.4, 0.5) is 4.79 Å². The Balaban J connectivity index is 1.90. The fourth-order valence-corrected chi connectivity index (χ4v) is 2.86. The van der Waals surface area contributed by atoms with Crippen LogP contribution < -0.4 is 5.32 Å². The van der Waals surface area contributed by atoms with Gasteiger partial charge >= 0.3 is 6.09 Å². The molecule has 2 heterocycles. The Morgan fingerprint density at radius 2 is 1.86 bits per heavy atom. The quantitative estimate of drug-likeness (QED) is 0.687. The summed E-state index contributed by atoms with van der Waals surface area (Å²) in [6.45, 7) is 5.17. The van der Waals surface area contributed by atoms with Gasteiger partial charge in [-0.1, -0.05) is 0 Å². The van der Waals surface area contributed by atoms with Crippen LogP contribution in [0.15, 0.2) is 18.3 Å². The maximum atomic E-state index is 12.7. The van der Waals surface area contributed by atoms with Crippen molar-refractivity contribution in [2.24, 2.45) is 0 Å². The van der Waals surface area contributed by atoms with Crippen molar-refractivity contribution in [1.82, 2.24) is 25.0 Å². The Kier molecular flexibility index (Phi) is 8.19. The third kappa shape index (κ3) is 6.19. The van der Waals surface area contributed by atoms with Crippen LogP contribution >= 0.6 is 0 Å². The van der Waals surface area contributed by atoms with Crippen molar-refractivity contribution in [2.75, 3.05) is 60.0 Å². The molecule has 154 valence electrons. The summed E-state index contributed by atoms with van der Waals surface area (Å²) in [6, 6.07) is 3.11. The van der Waals surface area contributed by atoms with Gasteiger partial charge in [0, 0.05) is 44.5 Å². The van der Waals surface area contributed by atoms with Gasteiger partial charge in [-0.3, -0.25) is 14.6 Å². The standard InChI is InChI=1S/C19H29N5O4/c1-4-28-19(27)24-12-10-23(11-13-24)18(26)16-14-15(6-8-20-16)17(25)21-7-5-9-22(2)3/h6,8,14H,4-5,7,9-13H2,1-3H3,(H,21,25). The molecule has 0 radical (unpaired) electrons. The van der Waals surface area contributed by atoms with E-state index in [1.54, 1.807) is 22.8 Å². The Morgan fingerprint density at radius 1 is 1.18 bits per heavy atom. The number of piperazine rings is 1. The van der Waals surface area contributed by atoms with Gasteiger partial charge in [0.25, 0.3) is 11.8 Å². The average Bonchev–Trinajstić information content (AvgIpc) is 2.70. The number of aromatic nitrogens is 1. The van der Waals surface area contributed by atoms with Crippen LogP contribution in [0.5, 0.6) is 0 Å². The monoisotopic (exact) mass is 391 g/mol. The van der Waals surface area contributed by atoms with E-state index in [4.69, 9.17) is 4.74 Å². The Labute approximate surface area is 165 Å². The zero-order chi connectivity index (χ0) is 20.5. The molecule has 0 aliphatic carbocycles. The van der Waals surface area contributed by atoms with Gasteiger partial charge in [-0.15, -0.1) is 0 Å². The molecule has 0 spiro atoms. The minimum atomic E-state index is -0.361. The van der Waals surface area contributed by atoms with Crippen LogP contribution in [0.1, 0.15) is 34.2 Å². The van der Waals surface area contributed by atoms with Gasteiger partial charge in [0.2, 0.25) is 0 Å². The summed E-state index contributed by atoms with van der Waals surface area (Å²) in [5.74, 6) is -0.465. The van der Waals surface area contributed by atoms with Crippen LogP contribution in [-0.4, -0.2) is 97.6 Å². The predicted molar refractivity (Wildman–Crippen MR) is 104 cm³/mol. The van der Waals surface area contributed by atoms with Gasteiger partial charge < -0.3 is 24.8 Å². The van der Waals surface area contributed by atoms with Gasteiger partial charge in [-0.2, -0.15) is 0 Å². The lowest BCUT2D eigenvalue weighted by atomic mass is 10.2. The highest BCUT2D eigenvalue weighted by Gasteiger charge is 2.26. The number of ether oxygens (including phenoxy) is 1. The van der Waals surface area contributed by atoms with Crippen molar-refractivity contribution in [3.8, 4) is 0 Å². The minimum absolute atomic E-state index is 0.220. The summed E-state index contributed by atoms with van der Waals surface area (Å²) in [4.78, 5) is 46.1. The molecule has 28 heavy (non-hydrogen) atoms. The molecule has 1 aliphatic rings. The molecule has 0 atom stereocenters. The molecule has 1 aromatic rings. The summed E-state index contributed by atoms with van der Waals surface area (Å²) in [6.07, 6.45) is 1.96. The zero-order valence-corrected chi connectivity index (χ0v) is 16.8. The second kappa shape index (κ2) is 10.6. The number of carbonyl (C=O) groups excluding carboxylic acids is 3. The molecular weight excluding hydrogens is 362 g/mol. The van der Waals surface area contributed by atoms with E-state index in [-0.39, 0.29) is 23.6 Å². The molecule has 1 N–H and O–H groups in total. The molecule has 0 aromatic carbocycles. The van der Waals surface area contributed by atoms with Gasteiger partial charge in [0.1, 0.15) is 5.69 Å². The molecule has 9 nitrogen and oxygen atoms in total. The number of nitrogens with zero attached hydrogens (tertiary/aromatic N) is 4. The van der Waals surface area contributed by atoms with E-state index in [1.807, 2.05) is 14.1 Å². The van der Waals surface area contributed by atoms with E-state index in [0.717, 1.165) is 13.0 Å². The number of rotatable bonds is 7. The Bertz CT molecular complexity index is 687. The molecule has 3 amide bonds. The summed E-state index contributed by atoms with van der Waals surface area (Å²) in [7, 11) is 3.96. The molecular formula is C19H29N5O4. The molecule has 0 saturated carbocycles. The lowest BCUT2D eigenvalue weighted by Gasteiger charge is -2.33. The number of amides is 3. The van der Waals surface area contributed by atoms with E-state index in [1.165, 1.54) is 12.3 Å². The van der Waals surface area contributed by atoms with E-state index in [2.05, 4.69) is 15.2 Å². The highest BCUT2D eigenvalue weighted by molar-refractivity contribution is 5.98. The number of pyridine rings is 1. The first-order chi connectivity index (χ1) is 13.4. The smallest absolute Gasteiger partial charge is 0.409 e. The van der Waals surface area contributed by atoms with Gasteiger partial charge in [-0.25, -0.2) is 4.79 Å². The predicted octanol–water partition coefficient (Wildman–Crippen LogP) is 0.677. The van der Waals surface area contributed by atoms with Crippen molar-refractivity contribution in [3.05, 3.63) is 29.6 Å². The van der Waals surface area contributed by atoms with E-state index < -0.39 is 0 Å². The third-order valence-corrected chi connectivity index (χ3v) is 4.40. The largest absolute Gasteiger partial charge is 0.450 e. The van der Waals surface area contributed by atoms with Crippen molar-refractivity contribution in [1.29, 1.82) is 0 Å².